The zero-order valence-corrected chi connectivity index (χ0v) is 14.6. The van der Waals surface area contributed by atoms with Crippen molar-refractivity contribution in [2.24, 2.45) is 0 Å². The number of ether oxygens (including phenoxy) is 1. The van der Waals surface area contributed by atoms with Crippen LogP contribution in [0.15, 0.2) is 60.8 Å². The van der Waals surface area contributed by atoms with Crippen LogP contribution in [0.2, 0.25) is 0 Å². The van der Waals surface area contributed by atoms with Crippen molar-refractivity contribution < 1.29 is 13.9 Å². The first-order chi connectivity index (χ1) is 12.6. The van der Waals surface area contributed by atoms with Crippen LogP contribution in [0.1, 0.15) is 22.8 Å². The molecule has 0 spiro atoms. The summed E-state index contributed by atoms with van der Waals surface area (Å²) in [5.74, 6) is 0.0795. The van der Waals surface area contributed by atoms with E-state index in [0.29, 0.717) is 23.4 Å². The smallest absolute Gasteiger partial charge is 0.257 e. The molecule has 1 heterocycles. The molecule has 4 nitrogen and oxygen atoms in total. The highest BCUT2D eigenvalue weighted by atomic mass is 19.1. The number of nitrogens with zero attached hydrogens (tertiary/aromatic N) is 1. The Hall–Kier alpha value is -3.21. The van der Waals surface area contributed by atoms with Crippen LogP contribution < -0.4 is 10.1 Å². The predicted octanol–water partition coefficient (Wildman–Crippen LogP) is 4.85. The van der Waals surface area contributed by atoms with E-state index in [4.69, 9.17) is 4.74 Å². The van der Waals surface area contributed by atoms with Crippen LogP contribution in [0.25, 0.3) is 11.3 Å². The average Bonchev–Trinajstić information content (AvgIpc) is 2.65. The van der Waals surface area contributed by atoms with Crippen LogP contribution in [0.3, 0.4) is 0 Å². The Morgan fingerprint density at radius 1 is 1.15 bits per heavy atom. The third-order valence-corrected chi connectivity index (χ3v) is 3.90. The Balaban J connectivity index is 1.75. The Labute approximate surface area is 151 Å². The van der Waals surface area contributed by atoms with Crippen molar-refractivity contribution in [2.45, 2.75) is 13.8 Å². The van der Waals surface area contributed by atoms with E-state index in [9.17, 15) is 9.18 Å². The standard InChI is InChI=1S/C21H19FN2O2/c1-3-26-18-6-4-5-15(11-18)20-10-8-16(13-23-20)21(25)24-17-9-7-14(2)19(22)12-17/h4-13H,3H2,1-2H3,(H,24,25). The van der Waals surface area contributed by atoms with Crippen molar-refractivity contribution in [3.8, 4) is 17.0 Å². The van der Waals surface area contributed by atoms with E-state index >= 15 is 0 Å². The molecule has 132 valence electrons. The molecule has 0 aliphatic carbocycles. The Morgan fingerprint density at radius 2 is 2.00 bits per heavy atom. The molecule has 0 unspecified atom stereocenters. The summed E-state index contributed by atoms with van der Waals surface area (Å²) in [5.41, 5.74) is 2.98. The van der Waals surface area contributed by atoms with Crippen molar-refractivity contribution in [2.75, 3.05) is 11.9 Å². The minimum atomic E-state index is -0.356. The zero-order chi connectivity index (χ0) is 18.5. The average molecular weight is 350 g/mol. The number of hydrogen-bond donors (Lipinski definition) is 1. The normalized spacial score (nSPS) is 10.4. The number of nitrogens with one attached hydrogen (secondary N) is 1. The van der Waals surface area contributed by atoms with Crippen LogP contribution in [0.4, 0.5) is 10.1 Å². The summed E-state index contributed by atoms with van der Waals surface area (Å²) < 4.78 is 19.1. The van der Waals surface area contributed by atoms with Crippen molar-refractivity contribution in [3.05, 3.63) is 77.7 Å². The van der Waals surface area contributed by atoms with E-state index in [1.54, 1.807) is 31.2 Å². The Morgan fingerprint density at radius 3 is 2.69 bits per heavy atom. The largest absolute Gasteiger partial charge is 0.494 e. The van der Waals surface area contributed by atoms with Crippen LogP contribution in [-0.4, -0.2) is 17.5 Å². The van der Waals surface area contributed by atoms with E-state index in [1.165, 1.54) is 12.3 Å². The molecule has 0 aliphatic rings. The SMILES string of the molecule is CCOc1cccc(-c2ccc(C(=O)Nc3ccc(C)c(F)c3)cn2)c1. The first-order valence-corrected chi connectivity index (χ1v) is 8.33. The third kappa shape index (κ3) is 4.06. The van der Waals surface area contributed by atoms with Gasteiger partial charge in [0, 0.05) is 17.4 Å². The van der Waals surface area contributed by atoms with Gasteiger partial charge in [0.1, 0.15) is 11.6 Å². The molecule has 2 aromatic carbocycles. The summed E-state index contributed by atoms with van der Waals surface area (Å²) in [6.07, 6.45) is 1.50. The van der Waals surface area contributed by atoms with Crippen molar-refractivity contribution in [1.29, 1.82) is 0 Å². The molecule has 0 radical (unpaired) electrons. The maximum atomic E-state index is 13.6. The molecule has 0 bridgehead atoms. The molecule has 26 heavy (non-hydrogen) atoms. The highest BCUT2D eigenvalue weighted by Crippen LogP contribution is 2.22. The monoisotopic (exact) mass is 350 g/mol. The summed E-state index contributed by atoms with van der Waals surface area (Å²) in [6, 6.07) is 15.7. The number of carbonyl (C=O) groups is 1. The maximum absolute atomic E-state index is 13.6. The lowest BCUT2D eigenvalue weighted by atomic mass is 10.1. The summed E-state index contributed by atoms with van der Waals surface area (Å²) in [7, 11) is 0. The second kappa shape index (κ2) is 7.78. The van der Waals surface area contributed by atoms with Crippen molar-refractivity contribution in [1.82, 2.24) is 4.98 Å². The highest BCUT2D eigenvalue weighted by Gasteiger charge is 2.09. The number of benzene rings is 2. The van der Waals surface area contributed by atoms with Gasteiger partial charge in [0.15, 0.2) is 0 Å². The zero-order valence-electron chi connectivity index (χ0n) is 14.6. The molecular formula is C21H19FN2O2. The van der Waals surface area contributed by atoms with Gasteiger partial charge in [-0.05, 0) is 55.8 Å². The summed E-state index contributed by atoms with van der Waals surface area (Å²) >= 11 is 0. The third-order valence-electron chi connectivity index (χ3n) is 3.90. The molecule has 0 aliphatic heterocycles. The lowest BCUT2D eigenvalue weighted by Gasteiger charge is -2.08. The van der Waals surface area contributed by atoms with Crippen LogP contribution in [0.5, 0.6) is 5.75 Å². The van der Waals surface area contributed by atoms with Gasteiger partial charge >= 0.3 is 0 Å². The Bertz CT molecular complexity index is 924. The molecule has 0 atom stereocenters. The lowest BCUT2D eigenvalue weighted by Crippen LogP contribution is -2.12. The van der Waals surface area contributed by atoms with E-state index < -0.39 is 0 Å². The molecule has 1 N–H and O–H groups in total. The molecule has 1 amide bonds. The van der Waals surface area contributed by atoms with E-state index in [-0.39, 0.29) is 11.7 Å². The fraction of sp³-hybridized carbons (Fsp3) is 0.143. The number of halogens is 1. The highest BCUT2D eigenvalue weighted by molar-refractivity contribution is 6.04. The van der Waals surface area contributed by atoms with Gasteiger partial charge in [-0.3, -0.25) is 9.78 Å². The molecular weight excluding hydrogens is 331 g/mol. The number of rotatable bonds is 5. The fourth-order valence-corrected chi connectivity index (χ4v) is 2.48. The Kier molecular flexibility index (Phi) is 5.27. The minimum absolute atomic E-state index is 0.338. The lowest BCUT2D eigenvalue weighted by molar-refractivity contribution is 0.102. The van der Waals surface area contributed by atoms with Gasteiger partial charge < -0.3 is 10.1 Å². The van der Waals surface area contributed by atoms with Crippen LogP contribution >= 0.6 is 0 Å². The second-order valence-corrected chi connectivity index (χ2v) is 5.81. The van der Waals surface area contributed by atoms with E-state index in [1.807, 2.05) is 31.2 Å². The molecule has 3 aromatic rings. The number of amides is 1. The quantitative estimate of drug-likeness (QED) is 0.716. The molecule has 3 rings (SSSR count). The molecule has 5 heteroatoms. The van der Waals surface area contributed by atoms with Gasteiger partial charge in [-0.2, -0.15) is 0 Å². The van der Waals surface area contributed by atoms with Gasteiger partial charge in [0.05, 0.1) is 17.9 Å². The molecule has 0 fully saturated rings. The molecule has 1 aromatic heterocycles. The number of aryl methyl sites for hydroxylation is 1. The number of anilines is 1. The number of pyridine rings is 1. The fourth-order valence-electron chi connectivity index (χ4n) is 2.48. The predicted molar refractivity (Wildman–Crippen MR) is 99.9 cm³/mol. The molecule has 0 saturated heterocycles. The number of carbonyl (C=O) groups excluding carboxylic acids is 1. The topological polar surface area (TPSA) is 51.2 Å². The van der Waals surface area contributed by atoms with Crippen molar-refractivity contribution in [3.63, 3.8) is 0 Å². The summed E-state index contributed by atoms with van der Waals surface area (Å²) in [6.45, 7) is 4.19. The number of aromatic nitrogens is 1. The van der Waals surface area contributed by atoms with E-state index in [2.05, 4.69) is 10.3 Å². The van der Waals surface area contributed by atoms with Crippen molar-refractivity contribution >= 4 is 11.6 Å². The van der Waals surface area contributed by atoms with E-state index in [0.717, 1.165) is 17.0 Å². The van der Waals surface area contributed by atoms with Crippen LogP contribution in [-0.2, 0) is 0 Å². The second-order valence-electron chi connectivity index (χ2n) is 5.81. The van der Waals surface area contributed by atoms with Gasteiger partial charge in [-0.25, -0.2) is 4.39 Å². The first kappa shape index (κ1) is 17.6. The van der Waals surface area contributed by atoms with Gasteiger partial charge in [-0.15, -0.1) is 0 Å². The van der Waals surface area contributed by atoms with Gasteiger partial charge in [0.25, 0.3) is 5.91 Å². The van der Waals surface area contributed by atoms with Crippen LogP contribution in [0, 0.1) is 12.7 Å². The van der Waals surface area contributed by atoms with Gasteiger partial charge in [-0.1, -0.05) is 18.2 Å². The summed E-state index contributed by atoms with van der Waals surface area (Å²) in [5, 5.41) is 2.67. The maximum Gasteiger partial charge on any atom is 0.257 e. The first-order valence-electron chi connectivity index (χ1n) is 8.33. The molecule has 0 saturated carbocycles. The number of hydrogen-bond acceptors (Lipinski definition) is 3. The summed E-state index contributed by atoms with van der Waals surface area (Å²) in [4.78, 5) is 16.7. The van der Waals surface area contributed by atoms with Gasteiger partial charge in [0.2, 0.25) is 0 Å². The minimum Gasteiger partial charge on any atom is -0.494 e.